The van der Waals surface area contributed by atoms with Gasteiger partial charge in [-0.15, -0.1) is 0 Å². The van der Waals surface area contributed by atoms with Crippen LogP contribution in [0.4, 0.5) is 4.39 Å². The van der Waals surface area contributed by atoms with E-state index in [1.807, 2.05) is 19.9 Å². The Bertz CT molecular complexity index is 854. The first-order chi connectivity index (χ1) is 11.5. The van der Waals surface area contributed by atoms with E-state index in [0.29, 0.717) is 5.69 Å². The number of hydrogen-bond acceptors (Lipinski definition) is 3. The summed E-state index contributed by atoms with van der Waals surface area (Å²) in [6, 6.07) is 8.15. The lowest BCUT2D eigenvalue weighted by atomic mass is 10.1. The Morgan fingerprint density at radius 1 is 1.38 bits per heavy atom. The standard InChI is InChI=1S/C18H17FN4O/c1-11-17(9-13(10-20)18(24)21-15-5-6-15)12(2)23(22-11)16-7-3-14(19)4-8-16/h3-4,7-9,15H,5-6H2,1-2H3,(H,21,24)/b13-9+. The van der Waals surface area contributed by atoms with Crippen LogP contribution in [-0.2, 0) is 4.79 Å². The Morgan fingerprint density at radius 3 is 2.62 bits per heavy atom. The molecule has 1 fully saturated rings. The van der Waals surface area contributed by atoms with E-state index < -0.39 is 0 Å². The van der Waals surface area contributed by atoms with Crippen molar-refractivity contribution < 1.29 is 9.18 Å². The molecule has 1 aromatic carbocycles. The molecule has 1 saturated carbocycles. The molecular weight excluding hydrogens is 307 g/mol. The Morgan fingerprint density at radius 2 is 2.04 bits per heavy atom. The number of halogens is 1. The molecular formula is C18H17FN4O. The van der Waals surface area contributed by atoms with Gasteiger partial charge in [0.05, 0.1) is 11.4 Å². The van der Waals surface area contributed by atoms with E-state index in [2.05, 4.69) is 10.4 Å². The van der Waals surface area contributed by atoms with Crippen molar-refractivity contribution in [2.75, 3.05) is 0 Å². The molecule has 24 heavy (non-hydrogen) atoms. The summed E-state index contributed by atoms with van der Waals surface area (Å²) >= 11 is 0. The number of nitrogens with zero attached hydrogens (tertiary/aromatic N) is 3. The van der Waals surface area contributed by atoms with E-state index in [9.17, 15) is 14.4 Å². The highest BCUT2D eigenvalue weighted by Gasteiger charge is 2.25. The Kier molecular flexibility index (Phi) is 4.17. The molecule has 0 spiro atoms. The summed E-state index contributed by atoms with van der Waals surface area (Å²) in [5.41, 5.74) is 2.99. The van der Waals surface area contributed by atoms with Gasteiger partial charge in [0.1, 0.15) is 17.5 Å². The highest BCUT2D eigenvalue weighted by atomic mass is 19.1. The molecule has 3 rings (SSSR count). The van der Waals surface area contributed by atoms with Gasteiger partial charge in [-0.25, -0.2) is 9.07 Å². The maximum Gasteiger partial charge on any atom is 0.262 e. The molecule has 0 unspecified atom stereocenters. The molecule has 1 aliphatic rings. The van der Waals surface area contributed by atoms with Crippen LogP contribution in [0.25, 0.3) is 11.8 Å². The van der Waals surface area contributed by atoms with Gasteiger partial charge in [0.2, 0.25) is 0 Å². The fraction of sp³-hybridized carbons (Fsp3) is 0.278. The van der Waals surface area contributed by atoms with Crippen LogP contribution in [-0.4, -0.2) is 21.7 Å². The summed E-state index contributed by atoms with van der Waals surface area (Å²) in [6.07, 6.45) is 3.49. The van der Waals surface area contributed by atoms with Gasteiger partial charge < -0.3 is 5.32 Å². The van der Waals surface area contributed by atoms with Gasteiger partial charge in [0.15, 0.2) is 0 Å². The third kappa shape index (κ3) is 3.20. The number of carbonyl (C=O) groups excluding carboxylic acids is 1. The topological polar surface area (TPSA) is 70.7 Å². The maximum absolute atomic E-state index is 13.1. The summed E-state index contributed by atoms with van der Waals surface area (Å²) < 4.78 is 14.8. The van der Waals surface area contributed by atoms with E-state index in [1.165, 1.54) is 12.1 Å². The number of aryl methyl sites for hydroxylation is 1. The van der Waals surface area contributed by atoms with Gasteiger partial charge in [0, 0.05) is 17.3 Å². The number of hydrogen-bond donors (Lipinski definition) is 1. The number of benzene rings is 1. The SMILES string of the molecule is Cc1nn(-c2ccc(F)cc2)c(C)c1/C=C(\C#N)C(=O)NC1CC1. The van der Waals surface area contributed by atoms with Crippen molar-refractivity contribution in [3.63, 3.8) is 0 Å². The summed E-state index contributed by atoms with van der Waals surface area (Å²) in [5, 5.41) is 16.5. The molecule has 0 atom stereocenters. The Labute approximate surface area is 139 Å². The van der Waals surface area contributed by atoms with E-state index in [1.54, 1.807) is 22.9 Å². The highest BCUT2D eigenvalue weighted by Crippen LogP contribution is 2.22. The van der Waals surface area contributed by atoms with Crippen LogP contribution in [0.5, 0.6) is 0 Å². The van der Waals surface area contributed by atoms with Gasteiger partial charge in [-0.1, -0.05) is 0 Å². The number of nitrogens with one attached hydrogen (secondary N) is 1. The zero-order chi connectivity index (χ0) is 17.3. The van der Waals surface area contributed by atoms with Crippen LogP contribution in [0, 0.1) is 31.0 Å². The van der Waals surface area contributed by atoms with Gasteiger partial charge >= 0.3 is 0 Å². The summed E-state index contributed by atoms with van der Waals surface area (Å²) in [4.78, 5) is 12.1. The van der Waals surface area contributed by atoms with Gasteiger partial charge in [-0.05, 0) is 57.0 Å². The quantitative estimate of drug-likeness (QED) is 0.694. The van der Waals surface area contributed by atoms with Gasteiger partial charge in [-0.3, -0.25) is 4.79 Å². The minimum atomic E-state index is -0.353. The molecule has 1 amide bonds. The Balaban J connectivity index is 1.96. The molecule has 1 N–H and O–H groups in total. The number of aromatic nitrogens is 2. The highest BCUT2D eigenvalue weighted by molar-refractivity contribution is 6.02. The molecule has 6 heteroatoms. The third-order valence-corrected chi connectivity index (χ3v) is 3.98. The summed E-state index contributed by atoms with van der Waals surface area (Å²) in [7, 11) is 0. The number of amides is 1. The van der Waals surface area contributed by atoms with Crippen molar-refractivity contribution >= 4 is 12.0 Å². The second-order valence-corrected chi connectivity index (χ2v) is 5.89. The van der Waals surface area contributed by atoms with Crippen LogP contribution < -0.4 is 5.32 Å². The molecule has 0 radical (unpaired) electrons. The zero-order valence-electron chi connectivity index (χ0n) is 13.5. The number of rotatable bonds is 4. The second kappa shape index (κ2) is 6.28. The van der Waals surface area contributed by atoms with E-state index >= 15 is 0 Å². The van der Waals surface area contributed by atoms with Crippen LogP contribution >= 0.6 is 0 Å². The second-order valence-electron chi connectivity index (χ2n) is 5.89. The zero-order valence-corrected chi connectivity index (χ0v) is 13.5. The predicted octanol–water partition coefficient (Wildman–Crippen LogP) is 2.81. The summed E-state index contributed by atoms with van der Waals surface area (Å²) in [5.74, 6) is -0.669. The summed E-state index contributed by atoms with van der Waals surface area (Å²) in [6.45, 7) is 3.66. The molecule has 2 aromatic rings. The van der Waals surface area contributed by atoms with Crippen LogP contribution in [0.2, 0.25) is 0 Å². The van der Waals surface area contributed by atoms with Gasteiger partial charge in [0.25, 0.3) is 5.91 Å². The van der Waals surface area contributed by atoms with Crippen molar-refractivity contribution in [3.05, 3.63) is 52.6 Å². The largest absolute Gasteiger partial charge is 0.349 e. The first kappa shape index (κ1) is 15.9. The predicted molar refractivity (Wildman–Crippen MR) is 87.8 cm³/mol. The lowest BCUT2D eigenvalue weighted by Crippen LogP contribution is -2.26. The van der Waals surface area contributed by atoms with Crippen molar-refractivity contribution in [1.82, 2.24) is 15.1 Å². The molecule has 0 saturated heterocycles. The van der Waals surface area contributed by atoms with Crippen molar-refractivity contribution in [2.45, 2.75) is 32.7 Å². The minimum Gasteiger partial charge on any atom is -0.349 e. The molecule has 0 aliphatic heterocycles. The lowest BCUT2D eigenvalue weighted by Gasteiger charge is -2.05. The maximum atomic E-state index is 13.1. The van der Waals surface area contributed by atoms with Gasteiger partial charge in [-0.2, -0.15) is 10.4 Å². The molecule has 1 aromatic heterocycles. The molecule has 1 aliphatic carbocycles. The van der Waals surface area contributed by atoms with E-state index in [0.717, 1.165) is 29.8 Å². The normalized spacial score (nSPS) is 14.3. The first-order valence-corrected chi connectivity index (χ1v) is 7.74. The average molecular weight is 324 g/mol. The van der Waals surface area contributed by atoms with Crippen LogP contribution in [0.3, 0.4) is 0 Å². The smallest absolute Gasteiger partial charge is 0.262 e. The fourth-order valence-electron chi connectivity index (χ4n) is 2.48. The van der Waals surface area contributed by atoms with Crippen molar-refractivity contribution in [2.24, 2.45) is 0 Å². The molecule has 5 nitrogen and oxygen atoms in total. The first-order valence-electron chi connectivity index (χ1n) is 7.74. The monoisotopic (exact) mass is 324 g/mol. The number of carbonyl (C=O) groups is 1. The minimum absolute atomic E-state index is 0.0618. The third-order valence-electron chi connectivity index (χ3n) is 3.98. The average Bonchev–Trinajstić information content (AvgIpc) is 3.33. The van der Waals surface area contributed by atoms with Crippen molar-refractivity contribution in [1.29, 1.82) is 5.26 Å². The fourth-order valence-corrected chi connectivity index (χ4v) is 2.48. The molecule has 1 heterocycles. The lowest BCUT2D eigenvalue weighted by molar-refractivity contribution is -0.117. The van der Waals surface area contributed by atoms with Crippen LogP contribution in [0.1, 0.15) is 29.8 Å². The van der Waals surface area contributed by atoms with Crippen LogP contribution in [0.15, 0.2) is 29.8 Å². The Hall–Kier alpha value is -2.94. The number of nitriles is 1. The van der Waals surface area contributed by atoms with Crippen molar-refractivity contribution in [3.8, 4) is 11.8 Å². The molecule has 0 bridgehead atoms. The molecule has 122 valence electrons. The van der Waals surface area contributed by atoms with E-state index in [-0.39, 0.29) is 23.3 Å². The van der Waals surface area contributed by atoms with E-state index in [4.69, 9.17) is 0 Å².